The number of sulfone groups is 1. The summed E-state index contributed by atoms with van der Waals surface area (Å²) in [7, 11) is -3.06. The summed E-state index contributed by atoms with van der Waals surface area (Å²) >= 11 is 0. The number of carbonyl (C=O) groups is 2. The van der Waals surface area contributed by atoms with Gasteiger partial charge in [0, 0.05) is 12.8 Å². The van der Waals surface area contributed by atoms with E-state index in [0.29, 0.717) is 12.1 Å². The smallest absolute Gasteiger partial charge is 0.239 e. The van der Waals surface area contributed by atoms with E-state index in [9.17, 15) is 18.0 Å². The molecule has 0 saturated heterocycles. The van der Waals surface area contributed by atoms with Crippen LogP contribution in [0.4, 0.5) is 0 Å². The van der Waals surface area contributed by atoms with Crippen molar-refractivity contribution in [1.82, 2.24) is 10.6 Å². The maximum absolute atomic E-state index is 11.7. The second kappa shape index (κ2) is 10.4. The van der Waals surface area contributed by atoms with Crippen molar-refractivity contribution in [2.24, 2.45) is 11.7 Å². The van der Waals surface area contributed by atoms with E-state index in [0.717, 1.165) is 5.56 Å². The lowest BCUT2D eigenvalue weighted by Crippen LogP contribution is -2.47. The molecule has 0 fully saturated rings. The molecule has 1 aromatic carbocycles. The lowest BCUT2D eigenvalue weighted by atomic mass is 10.1. The molecule has 0 aliphatic rings. The van der Waals surface area contributed by atoms with Crippen LogP contribution in [-0.4, -0.2) is 39.1 Å². The van der Waals surface area contributed by atoms with Gasteiger partial charge < -0.3 is 16.4 Å². The Bertz CT molecular complexity index is 675. The van der Waals surface area contributed by atoms with E-state index in [1.54, 1.807) is 24.3 Å². The van der Waals surface area contributed by atoms with Crippen LogP contribution in [-0.2, 0) is 31.7 Å². The van der Waals surface area contributed by atoms with Crippen molar-refractivity contribution in [1.29, 1.82) is 0 Å². The number of halogens is 1. The summed E-state index contributed by atoms with van der Waals surface area (Å²) in [4.78, 5) is 23.4. The van der Waals surface area contributed by atoms with E-state index in [2.05, 4.69) is 10.6 Å². The fourth-order valence-corrected chi connectivity index (χ4v) is 2.71. The van der Waals surface area contributed by atoms with Gasteiger partial charge in [-0.1, -0.05) is 38.1 Å². The van der Waals surface area contributed by atoms with Gasteiger partial charge in [0.05, 0.1) is 18.3 Å². The Morgan fingerprint density at radius 1 is 1.08 bits per heavy atom. The van der Waals surface area contributed by atoms with E-state index in [4.69, 9.17) is 5.73 Å². The van der Waals surface area contributed by atoms with Crippen molar-refractivity contribution < 1.29 is 18.0 Å². The molecule has 0 aromatic heterocycles. The third-order valence-corrected chi connectivity index (χ3v) is 4.24. The molecular formula is C16H26ClN3O4S. The molecule has 0 heterocycles. The van der Waals surface area contributed by atoms with Gasteiger partial charge in [-0.2, -0.15) is 0 Å². The standard InChI is InChI=1S/C16H25N3O4S.ClH/c1-11(2)15(17)16(21)19-9-14(20)18-8-12-4-6-13(7-5-12)10-24(3,22)23;/h4-7,11,15H,8-10,17H2,1-3H3,(H,18,20)(H,19,21);1H/t15-;/m0./s1. The van der Waals surface area contributed by atoms with E-state index < -0.39 is 15.9 Å². The number of benzene rings is 1. The van der Waals surface area contributed by atoms with Crippen LogP contribution in [0.5, 0.6) is 0 Å². The van der Waals surface area contributed by atoms with Crippen LogP contribution < -0.4 is 16.4 Å². The summed E-state index contributed by atoms with van der Waals surface area (Å²) in [6.45, 7) is 3.82. The minimum absolute atomic E-state index is 0. The third-order valence-electron chi connectivity index (χ3n) is 3.39. The van der Waals surface area contributed by atoms with Gasteiger partial charge in [-0.15, -0.1) is 12.4 Å². The molecule has 0 aliphatic heterocycles. The molecule has 1 atom stereocenters. The fraction of sp³-hybridized carbons (Fsp3) is 0.500. The van der Waals surface area contributed by atoms with Crippen molar-refractivity contribution in [3.63, 3.8) is 0 Å². The molecule has 1 aromatic rings. The number of carbonyl (C=O) groups excluding carboxylic acids is 2. The van der Waals surface area contributed by atoms with Crippen LogP contribution in [0.1, 0.15) is 25.0 Å². The number of nitrogens with one attached hydrogen (secondary N) is 2. The first-order chi connectivity index (χ1) is 11.1. The van der Waals surface area contributed by atoms with Gasteiger partial charge in [0.1, 0.15) is 0 Å². The summed E-state index contributed by atoms with van der Waals surface area (Å²) < 4.78 is 22.4. The molecule has 0 aliphatic carbocycles. The zero-order valence-corrected chi connectivity index (χ0v) is 16.2. The van der Waals surface area contributed by atoms with Crippen molar-refractivity contribution in [3.8, 4) is 0 Å². The van der Waals surface area contributed by atoms with Crippen LogP contribution in [0.25, 0.3) is 0 Å². The Balaban J connectivity index is 0.00000576. The van der Waals surface area contributed by atoms with Crippen LogP contribution in [0, 0.1) is 5.92 Å². The highest BCUT2D eigenvalue weighted by atomic mass is 35.5. The predicted molar refractivity (Wildman–Crippen MR) is 99.9 cm³/mol. The third kappa shape index (κ3) is 9.42. The molecule has 9 heteroatoms. The molecule has 25 heavy (non-hydrogen) atoms. The average Bonchev–Trinajstić information content (AvgIpc) is 2.49. The highest BCUT2D eigenvalue weighted by molar-refractivity contribution is 7.89. The van der Waals surface area contributed by atoms with E-state index >= 15 is 0 Å². The summed E-state index contributed by atoms with van der Waals surface area (Å²) in [6, 6.07) is 6.31. The van der Waals surface area contributed by atoms with Crippen LogP contribution >= 0.6 is 12.4 Å². The SMILES string of the molecule is CC(C)[C@H](N)C(=O)NCC(=O)NCc1ccc(CS(C)(=O)=O)cc1.Cl. The molecule has 0 radical (unpaired) electrons. The van der Waals surface area contributed by atoms with Gasteiger partial charge in [-0.25, -0.2) is 8.42 Å². The highest BCUT2D eigenvalue weighted by Crippen LogP contribution is 2.07. The Hall–Kier alpha value is -1.64. The molecule has 0 bridgehead atoms. The van der Waals surface area contributed by atoms with Gasteiger partial charge in [0.15, 0.2) is 9.84 Å². The van der Waals surface area contributed by atoms with E-state index in [1.165, 1.54) is 6.26 Å². The first-order valence-corrected chi connectivity index (χ1v) is 9.70. The maximum Gasteiger partial charge on any atom is 0.239 e. The molecule has 4 N–H and O–H groups in total. The second-order valence-corrected chi connectivity index (χ2v) is 8.29. The van der Waals surface area contributed by atoms with Gasteiger partial charge in [-0.3, -0.25) is 9.59 Å². The minimum atomic E-state index is -3.06. The topological polar surface area (TPSA) is 118 Å². The van der Waals surface area contributed by atoms with Crippen LogP contribution in [0.3, 0.4) is 0 Å². The first-order valence-electron chi connectivity index (χ1n) is 7.64. The number of nitrogens with two attached hydrogens (primary N) is 1. The minimum Gasteiger partial charge on any atom is -0.350 e. The molecule has 2 amide bonds. The molecule has 142 valence electrons. The molecular weight excluding hydrogens is 366 g/mol. The van der Waals surface area contributed by atoms with Gasteiger partial charge >= 0.3 is 0 Å². The Morgan fingerprint density at radius 2 is 1.60 bits per heavy atom. The molecule has 1 rings (SSSR count). The zero-order chi connectivity index (χ0) is 18.3. The fourth-order valence-electron chi connectivity index (χ4n) is 1.91. The second-order valence-electron chi connectivity index (χ2n) is 6.15. The van der Waals surface area contributed by atoms with Crippen molar-refractivity contribution in [2.45, 2.75) is 32.2 Å². The molecule has 0 spiro atoms. The number of rotatable bonds is 8. The van der Waals surface area contributed by atoms with Gasteiger partial charge in [0.25, 0.3) is 0 Å². The largest absolute Gasteiger partial charge is 0.350 e. The zero-order valence-electron chi connectivity index (χ0n) is 14.6. The van der Waals surface area contributed by atoms with Crippen molar-refractivity contribution >= 4 is 34.1 Å². The first kappa shape index (κ1) is 23.4. The van der Waals surface area contributed by atoms with Crippen molar-refractivity contribution in [3.05, 3.63) is 35.4 Å². The summed E-state index contributed by atoms with van der Waals surface area (Å²) in [6.07, 6.45) is 1.18. The van der Waals surface area contributed by atoms with E-state index in [-0.39, 0.29) is 42.4 Å². The molecule has 7 nitrogen and oxygen atoms in total. The quantitative estimate of drug-likeness (QED) is 0.591. The number of amides is 2. The Labute approximate surface area is 155 Å². The molecule has 0 unspecified atom stereocenters. The Kier molecular flexibility index (Phi) is 9.69. The van der Waals surface area contributed by atoms with Crippen LogP contribution in [0.15, 0.2) is 24.3 Å². The predicted octanol–water partition coefficient (Wildman–Crippen LogP) is 0.369. The number of hydrogen-bond donors (Lipinski definition) is 3. The lowest BCUT2D eigenvalue weighted by Gasteiger charge is -2.15. The van der Waals surface area contributed by atoms with E-state index in [1.807, 2.05) is 13.8 Å². The number of hydrogen-bond acceptors (Lipinski definition) is 5. The van der Waals surface area contributed by atoms with Gasteiger partial charge in [0.2, 0.25) is 11.8 Å². The monoisotopic (exact) mass is 391 g/mol. The van der Waals surface area contributed by atoms with Crippen molar-refractivity contribution in [2.75, 3.05) is 12.8 Å². The average molecular weight is 392 g/mol. The highest BCUT2D eigenvalue weighted by Gasteiger charge is 2.17. The maximum atomic E-state index is 11.7. The molecule has 0 saturated carbocycles. The summed E-state index contributed by atoms with van der Waals surface area (Å²) in [5.74, 6) is -0.690. The summed E-state index contributed by atoms with van der Waals surface area (Å²) in [5.41, 5.74) is 7.22. The normalized spacial score (nSPS) is 12.2. The summed E-state index contributed by atoms with van der Waals surface area (Å²) in [5, 5.41) is 5.17. The van der Waals surface area contributed by atoms with Crippen LogP contribution in [0.2, 0.25) is 0 Å². The lowest BCUT2D eigenvalue weighted by molar-refractivity contribution is -0.127. The van der Waals surface area contributed by atoms with Gasteiger partial charge in [-0.05, 0) is 17.0 Å². The Morgan fingerprint density at radius 3 is 2.08 bits per heavy atom.